The van der Waals surface area contributed by atoms with E-state index in [4.69, 9.17) is 4.52 Å². The lowest BCUT2D eigenvalue weighted by Crippen LogP contribution is -1.84. The summed E-state index contributed by atoms with van der Waals surface area (Å²) in [6.07, 6.45) is 0. The van der Waals surface area contributed by atoms with Gasteiger partial charge in [0.2, 0.25) is 0 Å². The van der Waals surface area contributed by atoms with E-state index in [0.717, 1.165) is 14.9 Å². The van der Waals surface area contributed by atoms with E-state index in [1.54, 1.807) is 36.0 Å². The predicted molar refractivity (Wildman–Crippen MR) is 85.1 cm³/mol. The molecule has 1 aromatic heterocycles. The second-order valence-corrected chi connectivity index (χ2v) is 6.27. The first-order chi connectivity index (χ1) is 10.2. The normalized spacial score (nSPS) is 10.7. The SMILES string of the molecule is Oc1ccc(-c2nc(CSc3ccc(Br)cc3)no2)cc1. The molecule has 4 nitrogen and oxygen atoms in total. The van der Waals surface area contributed by atoms with Crippen molar-refractivity contribution in [3.05, 3.63) is 58.8 Å². The number of nitrogens with zero attached hydrogens (tertiary/aromatic N) is 2. The van der Waals surface area contributed by atoms with Crippen LogP contribution >= 0.6 is 27.7 Å². The van der Waals surface area contributed by atoms with Gasteiger partial charge in [0.1, 0.15) is 5.75 Å². The monoisotopic (exact) mass is 362 g/mol. The van der Waals surface area contributed by atoms with Crippen molar-refractivity contribution in [2.24, 2.45) is 0 Å². The predicted octanol–water partition coefficient (Wildman–Crippen LogP) is 4.50. The molecule has 0 aliphatic carbocycles. The summed E-state index contributed by atoms with van der Waals surface area (Å²) in [5, 5.41) is 13.2. The van der Waals surface area contributed by atoms with Crippen LogP contribution in [0.2, 0.25) is 0 Å². The number of hydrogen-bond donors (Lipinski definition) is 1. The molecule has 0 radical (unpaired) electrons. The Labute approximate surface area is 134 Å². The van der Waals surface area contributed by atoms with E-state index in [1.807, 2.05) is 24.3 Å². The molecule has 106 valence electrons. The Balaban J connectivity index is 1.67. The standard InChI is InChI=1S/C15H11BrN2O2S/c16-11-3-7-13(8-4-11)21-9-14-17-15(20-18-14)10-1-5-12(19)6-2-10/h1-8,19H,9H2. The Morgan fingerprint density at radius 3 is 2.48 bits per heavy atom. The third kappa shape index (κ3) is 3.65. The number of hydrogen-bond acceptors (Lipinski definition) is 5. The van der Waals surface area contributed by atoms with Gasteiger partial charge in [0.05, 0.1) is 5.75 Å². The van der Waals surface area contributed by atoms with Gasteiger partial charge >= 0.3 is 0 Å². The zero-order valence-electron chi connectivity index (χ0n) is 10.9. The maximum atomic E-state index is 9.27. The summed E-state index contributed by atoms with van der Waals surface area (Å²) in [6, 6.07) is 14.8. The molecule has 21 heavy (non-hydrogen) atoms. The number of phenolic OH excluding ortho intramolecular Hbond substituents is 1. The summed E-state index contributed by atoms with van der Waals surface area (Å²) in [6.45, 7) is 0. The van der Waals surface area contributed by atoms with Crippen LogP contribution in [0.5, 0.6) is 5.75 Å². The minimum Gasteiger partial charge on any atom is -0.508 e. The van der Waals surface area contributed by atoms with Crippen LogP contribution in [0.3, 0.4) is 0 Å². The van der Waals surface area contributed by atoms with Crippen LogP contribution in [0.25, 0.3) is 11.5 Å². The molecule has 6 heteroatoms. The van der Waals surface area contributed by atoms with E-state index in [2.05, 4.69) is 26.1 Å². The van der Waals surface area contributed by atoms with Crippen LogP contribution in [0.4, 0.5) is 0 Å². The van der Waals surface area contributed by atoms with Gasteiger partial charge in [0, 0.05) is 14.9 Å². The quantitative estimate of drug-likeness (QED) is 0.692. The van der Waals surface area contributed by atoms with Crippen molar-refractivity contribution in [3.8, 4) is 17.2 Å². The average molecular weight is 363 g/mol. The molecule has 0 aliphatic rings. The summed E-state index contributed by atoms with van der Waals surface area (Å²) in [5.41, 5.74) is 0.792. The minimum atomic E-state index is 0.212. The van der Waals surface area contributed by atoms with Crippen molar-refractivity contribution in [1.29, 1.82) is 0 Å². The molecule has 3 rings (SSSR count). The van der Waals surface area contributed by atoms with E-state index < -0.39 is 0 Å². The number of thioether (sulfide) groups is 1. The Bertz CT molecular complexity index is 726. The molecule has 1 N–H and O–H groups in total. The summed E-state index contributed by atoms with van der Waals surface area (Å²) < 4.78 is 6.29. The molecule has 3 aromatic rings. The molecule has 0 saturated heterocycles. The highest BCUT2D eigenvalue weighted by molar-refractivity contribution is 9.10. The fraction of sp³-hybridized carbons (Fsp3) is 0.0667. The van der Waals surface area contributed by atoms with Gasteiger partial charge in [0.15, 0.2) is 5.82 Å². The molecule has 0 saturated carbocycles. The van der Waals surface area contributed by atoms with Crippen molar-refractivity contribution in [2.75, 3.05) is 0 Å². The Hall–Kier alpha value is -1.79. The number of halogens is 1. The van der Waals surface area contributed by atoms with Gasteiger partial charge in [-0.15, -0.1) is 11.8 Å². The highest BCUT2D eigenvalue weighted by Crippen LogP contribution is 2.25. The molecule has 0 bridgehead atoms. The van der Waals surface area contributed by atoms with Crippen molar-refractivity contribution >= 4 is 27.7 Å². The van der Waals surface area contributed by atoms with Crippen LogP contribution in [-0.2, 0) is 5.75 Å². The number of aromatic nitrogens is 2. The lowest BCUT2D eigenvalue weighted by Gasteiger charge is -1.98. The van der Waals surface area contributed by atoms with Gasteiger partial charge in [-0.3, -0.25) is 0 Å². The molecule has 0 spiro atoms. The summed E-state index contributed by atoms with van der Waals surface area (Å²) in [5.74, 6) is 1.96. The lowest BCUT2D eigenvalue weighted by atomic mass is 10.2. The Morgan fingerprint density at radius 2 is 1.76 bits per heavy atom. The minimum absolute atomic E-state index is 0.212. The number of benzene rings is 2. The van der Waals surface area contributed by atoms with Crippen molar-refractivity contribution in [2.45, 2.75) is 10.6 Å². The highest BCUT2D eigenvalue weighted by Gasteiger charge is 2.09. The van der Waals surface area contributed by atoms with Crippen LogP contribution in [0.15, 0.2) is 62.4 Å². The summed E-state index contributed by atoms with van der Waals surface area (Å²) >= 11 is 5.06. The zero-order valence-corrected chi connectivity index (χ0v) is 13.3. The largest absolute Gasteiger partial charge is 0.508 e. The highest BCUT2D eigenvalue weighted by atomic mass is 79.9. The molecule has 0 fully saturated rings. The average Bonchev–Trinajstić information content (AvgIpc) is 2.96. The first kappa shape index (κ1) is 14.2. The third-order valence-electron chi connectivity index (χ3n) is 2.76. The molecule has 0 atom stereocenters. The fourth-order valence-electron chi connectivity index (χ4n) is 1.71. The number of aromatic hydroxyl groups is 1. The van der Waals surface area contributed by atoms with Crippen molar-refractivity contribution in [3.63, 3.8) is 0 Å². The van der Waals surface area contributed by atoms with Crippen LogP contribution in [0, 0.1) is 0 Å². The number of phenols is 1. The van der Waals surface area contributed by atoms with Gasteiger partial charge in [-0.1, -0.05) is 21.1 Å². The topological polar surface area (TPSA) is 59.2 Å². The molecular formula is C15H11BrN2O2S. The first-order valence-corrected chi connectivity index (χ1v) is 7.99. The number of rotatable bonds is 4. The van der Waals surface area contributed by atoms with Crippen LogP contribution in [0.1, 0.15) is 5.82 Å². The second-order valence-electron chi connectivity index (χ2n) is 4.31. The Kier molecular flexibility index (Phi) is 4.26. The maximum Gasteiger partial charge on any atom is 0.257 e. The maximum absolute atomic E-state index is 9.27. The van der Waals surface area contributed by atoms with Crippen LogP contribution in [-0.4, -0.2) is 15.2 Å². The smallest absolute Gasteiger partial charge is 0.257 e. The van der Waals surface area contributed by atoms with Gasteiger partial charge in [-0.25, -0.2) is 0 Å². The first-order valence-electron chi connectivity index (χ1n) is 6.21. The summed E-state index contributed by atoms with van der Waals surface area (Å²) in [7, 11) is 0. The second kappa shape index (κ2) is 6.32. The molecule has 1 heterocycles. The molecule has 0 amide bonds. The molecular weight excluding hydrogens is 352 g/mol. The van der Waals surface area contributed by atoms with Gasteiger partial charge in [-0.2, -0.15) is 4.98 Å². The molecule has 0 unspecified atom stereocenters. The van der Waals surface area contributed by atoms with E-state index in [-0.39, 0.29) is 5.75 Å². The van der Waals surface area contributed by atoms with E-state index in [9.17, 15) is 5.11 Å². The zero-order chi connectivity index (χ0) is 14.7. The van der Waals surface area contributed by atoms with E-state index in [1.165, 1.54) is 0 Å². The Morgan fingerprint density at radius 1 is 1.05 bits per heavy atom. The van der Waals surface area contributed by atoms with E-state index in [0.29, 0.717) is 17.5 Å². The van der Waals surface area contributed by atoms with E-state index >= 15 is 0 Å². The van der Waals surface area contributed by atoms with Crippen molar-refractivity contribution in [1.82, 2.24) is 10.1 Å². The fourth-order valence-corrected chi connectivity index (χ4v) is 2.72. The molecule has 0 aliphatic heterocycles. The molecule has 2 aromatic carbocycles. The van der Waals surface area contributed by atoms with Gasteiger partial charge in [-0.05, 0) is 48.5 Å². The lowest BCUT2D eigenvalue weighted by molar-refractivity contribution is 0.425. The van der Waals surface area contributed by atoms with Gasteiger partial charge in [0.25, 0.3) is 5.89 Å². The van der Waals surface area contributed by atoms with Gasteiger partial charge < -0.3 is 9.63 Å². The summed E-state index contributed by atoms with van der Waals surface area (Å²) in [4.78, 5) is 5.50. The third-order valence-corrected chi connectivity index (χ3v) is 4.30. The van der Waals surface area contributed by atoms with Crippen molar-refractivity contribution < 1.29 is 9.63 Å². The van der Waals surface area contributed by atoms with Crippen LogP contribution < -0.4 is 0 Å².